The lowest BCUT2D eigenvalue weighted by Gasteiger charge is -2.04. The van der Waals surface area contributed by atoms with Gasteiger partial charge in [0.2, 0.25) is 0 Å². The molecule has 6 heteroatoms. The molecule has 5 nitrogen and oxygen atoms in total. The Balaban J connectivity index is 2.41. The summed E-state index contributed by atoms with van der Waals surface area (Å²) in [6.45, 7) is 0.593. The second-order valence-corrected chi connectivity index (χ2v) is 4.38. The molecule has 0 saturated carbocycles. The van der Waals surface area contributed by atoms with E-state index in [0.717, 1.165) is 4.90 Å². The predicted octanol–water partition coefficient (Wildman–Crippen LogP) is 1.67. The number of carboxylic acid groups (broad SMARTS) is 1. The van der Waals surface area contributed by atoms with E-state index in [2.05, 4.69) is 0 Å². The quantitative estimate of drug-likeness (QED) is 0.461. The Morgan fingerprint density at radius 2 is 2.11 bits per heavy atom. The Morgan fingerprint density at radius 1 is 1.33 bits per heavy atom. The third-order valence-corrected chi connectivity index (χ3v) is 2.96. The number of benzene rings is 1. The highest BCUT2D eigenvalue weighted by Crippen LogP contribution is 2.19. The molecule has 0 fully saturated rings. The summed E-state index contributed by atoms with van der Waals surface area (Å²) in [5, 5.41) is 8.82. The molecule has 98 valence electrons. The van der Waals surface area contributed by atoms with Gasteiger partial charge in [-0.3, -0.25) is 4.79 Å². The molecule has 0 spiro atoms. The van der Waals surface area contributed by atoms with Crippen LogP contribution in [-0.2, 0) is 14.3 Å². The van der Waals surface area contributed by atoms with E-state index >= 15 is 0 Å². The molecule has 0 aliphatic carbocycles. The van der Waals surface area contributed by atoms with E-state index in [-0.39, 0.29) is 23.9 Å². The number of thioether (sulfide) groups is 1. The van der Waals surface area contributed by atoms with Crippen LogP contribution in [0.1, 0.15) is 10.4 Å². The van der Waals surface area contributed by atoms with Gasteiger partial charge in [0.05, 0.1) is 17.9 Å². The fourth-order valence-electron chi connectivity index (χ4n) is 1.14. The molecule has 0 atom stereocenters. The number of carboxylic acids is 1. The van der Waals surface area contributed by atoms with Crippen LogP contribution >= 0.6 is 11.8 Å². The van der Waals surface area contributed by atoms with E-state index < -0.39 is 5.97 Å². The molecule has 0 aliphatic rings. The Hall–Kier alpha value is -1.53. The smallest absolute Gasteiger partial charge is 0.335 e. The average molecular weight is 270 g/mol. The molecule has 1 aromatic carbocycles. The minimum atomic E-state index is -0.986. The zero-order valence-corrected chi connectivity index (χ0v) is 10.7. The molecule has 0 amide bonds. The summed E-state index contributed by atoms with van der Waals surface area (Å²) in [5.74, 6) is -1.19. The van der Waals surface area contributed by atoms with E-state index in [1.165, 1.54) is 31.0 Å². The van der Waals surface area contributed by atoms with Gasteiger partial charge in [0.15, 0.2) is 0 Å². The first-order valence-electron chi connectivity index (χ1n) is 5.24. The number of hydrogen-bond donors (Lipinski definition) is 1. The predicted molar refractivity (Wildman–Crippen MR) is 67.0 cm³/mol. The second-order valence-electron chi connectivity index (χ2n) is 3.33. The first-order valence-corrected chi connectivity index (χ1v) is 6.22. The van der Waals surface area contributed by atoms with Crippen LogP contribution in [0.25, 0.3) is 0 Å². The van der Waals surface area contributed by atoms with Crippen LogP contribution in [0.3, 0.4) is 0 Å². The average Bonchev–Trinajstić information content (AvgIpc) is 2.37. The molecule has 1 N–H and O–H groups in total. The highest BCUT2D eigenvalue weighted by atomic mass is 32.2. The molecule has 0 radical (unpaired) electrons. The molecule has 1 aromatic rings. The van der Waals surface area contributed by atoms with E-state index in [9.17, 15) is 9.59 Å². The van der Waals surface area contributed by atoms with Crippen molar-refractivity contribution < 1.29 is 24.2 Å². The summed E-state index contributed by atoms with van der Waals surface area (Å²) < 4.78 is 9.63. The van der Waals surface area contributed by atoms with Crippen molar-refractivity contribution >= 4 is 23.7 Å². The van der Waals surface area contributed by atoms with E-state index in [1.807, 2.05) is 0 Å². The van der Waals surface area contributed by atoms with Gasteiger partial charge < -0.3 is 14.6 Å². The Labute approximate surface area is 109 Å². The maximum Gasteiger partial charge on any atom is 0.335 e. The van der Waals surface area contributed by atoms with Crippen molar-refractivity contribution in [2.24, 2.45) is 0 Å². The summed E-state index contributed by atoms with van der Waals surface area (Å²) in [6, 6.07) is 6.42. The first-order chi connectivity index (χ1) is 8.63. The molecule has 0 unspecified atom stereocenters. The second kappa shape index (κ2) is 7.73. The summed E-state index contributed by atoms with van der Waals surface area (Å²) in [7, 11) is 1.53. The molecule has 0 saturated heterocycles. The van der Waals surface area contributed by atoms with Gasteiger partial charge in [0, 0.05) is 12.0 Å². The zero-order chi connectivity index (χ0) is 13.4. The van der Waals surface area contributed by atoms with Crippen LogP contribution in [-0.4, -0.2) is 43.1 Å². The van der Waals surface area contributed by atoms with E-state index in [4.69, 9.17) is 14.6 Å². The highest BCUT2D eigenvalue weighted by Gasteiger charge is 2.07. The van der Waals surface area contributed by atoms with Gasteiger partial charge in [0.25, 0.3) is 0 Å². The topological polar surface area (TPSA) is 72.8 Å². The molecule has 0 aromatic heterocycles. The Bertz CT molecular complexity index is 419. The molecular weight excluding hydrogens is 256 g/mol. The lowest BCUT2D eigenvalue weighted by Crippen LogP contribution is -2.11. The third kappa shape index (κ3) is 5.20. The maximum atomic E-state index is 11.3. The van der Waals surface area contributed by atoms with E-state index in [0.29, 0.717) is 6.61 Å². The number of carbonyl (C=O) groups excluding carboxylic acids is 1. The van der Waals surface area contributed by atoms with Crippen molar-refractivity contribution in [2.75, 3.05) is 26.1 Å². The number of methoxy groups -OCH3 is 1. The standard InChI is InChI=1S/C12H14O5S/c1-16-5-6-17-11(13)8-18-10-4-2-3-9(7-10)12(14)15/h2-4,7H,5-6,8H2,1H3,(H,14,15). The summed E-state index contributed by atoms with van der Waals surface area (Å²) in [4.78, 5) is 22.8. The lowest BCUT2D eigenvalue weighted by atomic mass is 10.2. The van der Waals surface area contributed by atoms with Crippen molar-refractivity contribution in [1.82, 2.24) is 0 Å². The van der Waals surface area contributed by atoms with Crippen molar-refractivity contribution in [3.63, 3.8) is 0 Å². The number of carbonyl (C=O) groups is 2. The number of aromatic carboxylic acids is 1. The van der Waals surface area contributed by atoms with Crippen molar-refractivity contribution in [2.45, 2.75) is 4.90 Å². The fraction of sp³-hybridized carbons (Fsp3) is 0.333. The number of esters is 1. The zero-order valence-electron chi connectivity index (χ0n) is 9.92. The van der Waals surface area contributed by atoms with Crippen molar-refractivity contribution in [3.05, 3.63) is 29.8 Å². The van der Waals surface area contributed by atoms with Crippen molar-refractivity contribution in [3.8, 4) is 0 Å². The maximum absolute atomic E-state index is 11.3. The van der Waals surface area contributed by atoms with Gasteiger partial charge >= 0.3 is 11.9 Å². The number of hydrogen-bond acceptors (Lipinski definition) is 5. The Kier molecular flexibility index (Phi) is 6.24. The molecule has 0 bridgehead atoms. The number of rotatable bonds is 7. The van der Waals surface area contributed by atoms with Crippen LogP contribution < -0.4 is 0 Å². The van der Waals surface area contributed by atoms with Gasteiger partial charge in [-0.25, -0.2) is 4.79 Å². The summed E-state index contributed by atoms with van der Waals surface area (Å²) >= 11 is 1.24. The summed E-state index contributed by atoms with van der Waals surface area (Å²) in [5.41, 5.74) is 0.202. The number of ether oxygens (including phenoxy) is 2. The minimum Gasteiger partial charge on any atom is -0.478 e. The normalized spacial score (nSPS) is 10.1. The summed E-state index contributed by atoms with van der Waals surface area (Å²) in [6.07, 6.45) is 0. The van der Waals surface area contributed by atoms with Gasteiger partial charge in [-0.05, 0) is 18.2 Å². The van der Waals surface area contributed by atoms with E-state index in [1.54, 1.807) is 12.1 Å². The lowest BCUT2D eigenvalue weighted by molar-refractivity contribution is -0.141. The van der Waals surface area contributed by atoms with Gasteiger partial charge in [-0.1, -0.05) is 6.07 Å². The van der Waals surface area contributed by atoms with Gasteiger partial charge in [0.1, 0.15) is 6.61 Å². The third-order valence-electron chi connectivity index (χ3n) is 1.99. The van der Waals surface area contributed by atoms with Crippen LogP contribution in [0.2, 0.25) is 0 Å². The van der Waals surface area contributed by atoms with Crippen LogP contribution in [0.15, 0.2) is 29.2 Å². The Morgan fingerprint density at radius 3 is 2.78 bits per heavy atom. The van der Waals surface area contributed by atoms with Gasteiger partial charge in [-0.15, -0.1) is 11.8 Å². The van der Waals surface area contributed by atoms with Crippen LogP contribution in [0.5, 0.6) is 0 Å². The SMILES string of the molecule is COCCOC(=O)CSc1cccc(C(=O)O)c1. The fourth-order valence-corrected chi connectivity index (χ4v) is 1.89. The molecule has 1 rings (SSSR count). The monoisotopic (exact) mass is 270 g/mol. The highest BCUT2D eigenvalue weighted by molar-refractivity contribution is 8.00. The largest absolute Gasteiger partial charge is 0.478 e. The van der Waals surface area contributed by atoms with Crippen molar-refractivity contribution in [1.29, 1.82) is 0 Å². The van der Waals surface area contributed by atoms with Gasteiger partial charge in [-0.2, -0.15) is 0 Å². The molecule has 18 heavy (non-hydrogen) atoms. The molecule has 0 heterocycles. The van der Waals surface area contributed by atoms with Crippen LogP contribution in [0.4, 0.5) is 0 Å². The molecular formula is C12H14O5S. The minimum absolute atomic E-state index is 0.146. The molecule has 0 aliphatic heterocycles. The van der Waals surface area contributed by atoms with Crippen LogP contribution in [0, 0.1) is 0 Å². The first kappa shape index (κ1) is 14.5.